The van der Waals surface area contributed by atoms with Crippen molar-refractivity contribution in [3.05, 3.63) is 59.1 Å². The molecule has 1 heterocycles. The van der Waals surface area contributed by atoms with Gasteiger partial charge >= 0.3 is 0 Å². The van der Waals surface area contributed by atoms with E-state index >= 15 is 0 Å². The second-order valence-electron chi connectivity index (χ2n) is 6.10. The summed E-state index contributed by atoms with van der Waals surface area (Å²) in [6.07, 6.45) is 0. The van der Waals surface area contributed by atoms with Crippen molar-refractivity contribution in [2.24, 2.45) is 0 Å². The van der Waals surface area contributed by atoms with Gasteiger partial charge in [0.15, 0.2) is 11.6 Å². The van der Waals surface area contributed by atoms with E-state index in [4.69, 9.17) is 16.3 Å². The lowest BCUT2D eigenvalue weighted by Gasteiger charge is -2.33. The summed E-state index contributed by atoms with van der Waals surface area (Å²) in [6, 6.07) is 9.58. The van der Waals surface area contributed by atoms with E-state index in [0.717, 1.165) is 12.1 Å². The molecule has 1 aliphatic heterocycles. The van der Waals surface area contributed by atoms with Crippen LogP contribution in [0.25, 0.3) is 0 Å². The second-order valence-corrected chi connectivity index (χ2v) is 8.45. The second kappa shape index (κ2) is 8.52. The summed E-state index contributed by atoms with van der Waals surface area (Å²) >= 11 is 5.69. The molecule has 1 aliphatic rings. The van der Waals surface area contributed by atoms with Crippen molar-refractivity contribution in [2.45, 2.75) is 4.90 Å². The molecule has 0 unspecified atom stereocenters. The number of para-hydroxylation sites is 1. The van der Waals surface area contributed by atoms with Crippen LogP contribution < -0.4 is 4.74 Å². The van der Waals surface area contributed by atoms with Crippen LogP contribution in [-0.2, 0) is 10.0 Å². The smallest absolute Gasteiger partial charge is 0.243 e. The molecule has 9 heteroatoms. The van der Waals surface area contributed by atoms with E-state index in [-0.39, 0.29) is 15.7 Å². The summed E-state index contributed by atoms with van der Waals surface area (Å²) in [5.74, 6) is -0.867. The first kappa shape index (κ1) is 20.0. The van der Waals surface area contributed by atoms with Gasteiger partial charge in [-0.1, -0.05) is 23.7 Å². The van der Waals surface area contributed by atoms with E-state index in [9.17, 15) is 17.2 Å². The van der Waals surface area contributed by atoms with E-state index < -0.39 is 21.7 Å². The number of hydrogen-bond acceptors (Lipinski definition) is 4. The molecule has 146 valence electrons. The molecule has 0 bridgehead atoms. The molecule has 2 aromatic rings. The Bertz CT molecular complexity index is 903. The van der Waals surface area contributed by atoms with Crippen molar-refractivity contribution >= 4 is 21.6 Å². The lowest BCUT2D eigenvalue weighted by molar-refractivity contribution is 0.157. The lowest BCUT2D eigenvalue weighted by atomic mass is 10.3. The standard InChI is InChI=1S/C18H19ClF2N2O3S/c19-15-13-14(5-6-16(15)20)27(24,25)23-9-7-22(8-10-23)11-12-26-18-4-2-1-3-17(18)21/h1-6,13H,7-12H2. The molecule has 27 heavy (non-hydrogen) atoms. The van der Waals surface area contributed by atoms with Crippen molar-refractivity contribution in [1.82, 2.24) is 9.21 Å². The average Bonchev–Trinajstić information content (AvgIpc) is 2.66. The van der Waals surface area contributed by atoms with Gasteiger partial charge in [-0.25, -0.2) is 17.2 Å². The van der Waals surface area contributed by atoms with Gasteiger partial charge in [-0.3, -0.25) is 4.90 Å². The Morgan fingerprint density at radius 3 is 2.37 bits per heavy atom. The van der Waals surface area contributed by atoms with Crippen LogP contribution >= 0.6 is 11.6 Å². The van der Waals surface area contributed by atoms with Gasteiger partial charge in [0.2, 0.25) is 10.0 Å². The Labute approximate surface area is 162 Å². The van der Waals surface area contributed by atoms with Gasteiger partial charge in [0.25, 0.3) is 0 Å². The average molecular weight is 417 g/mol. The Hall–Kier alpha value is -1.74. The monoisotopic (exact) mass is 416 g/mol. The van der Waals surface area contributed by atoms with Crippen molar-refractivity contribution in [3.63, 3.8) is 0 Å². The first-order valence-electron chi connectivity index (χ1n) is 8.43. The lowest BCUT2D eigenvalue weighted by Crippen LogP contribution is -2.49. The summed E-state index contributed by atoms with van der Waals surface area (Å²) in [7, 11) is -3.72. The van der Waals surface area contributed by atoms with E-state index in [2.05, 4.69) is 0 Å². The minimum absolute atomic E-state index is 0.0229. The van der Waals surface area contributed by atoms with Crippen LogP contribution in [0, 0.1) is 11.6 Å². The number of hydrogen-bond donors (Lipinski definition) is 0. The number of rotatable bonds is 6. The minimum Gasteiger partial charge on any atom is -0.489 e. The zero-order chi connectivity index (χ0) is 19.4. The first-order valence-corrected chi connectivity index (χ1v) is 10.2. The Balaban J connectivity index is 1.52. The number of nitrogens with zero attached hydrogens (tertiary/aromatic N) is 2. The topological polar surface area (TPSA) is 49.9 Å². The van der Waals surface area contributed by atoms with Crippen LogP contribution in [0.5, 0.6) is 5.75 Å². The van der Waals surface area contributed by atoms with Crippen molar-refractivity contribution in [3.8, 4) is 5.75 Å². The maximum atomic E-state index is 13.5. The fourth-order valence-electron chi connectivity index (χ4n) is 2.83. The zero-order valence-electron chi connectivity index (χ0n) is 14.4. The molecule has 2 aromatic carbocycles. The fraction of sp³-hybridized carbons (Fsp3) is 0.333. The number of benzene rings is 2. The summed E-state index contributed by atoms with van der Waals surface area (Å²) in [6.45, 7) is 2.52. The molecule has 0 amide bonds. The maximum absolute atomic E-state index is 13.5. The fourth-order valence-corrected chi connectivity index (χ4v) is 4.52. The molecule has 0 radical (unpaired) electrons. The number of ether oxygens (including phenoxy) is 1. The van der Waals surface area contributed by atoms with Crippen LogP contribution in [0.3, 0.4) is 0 Å². The Kier molecular flexibility index (Phi) is 6.31. The number of sulfonamides is 1. The van der Waals surface area contributed by atoms with E-state index in [1.807, 2.05) is 4.90 Å². The van der Waals surface area contributed by atoms with Gasteiger partial charge in [-0.05, 0) is 30.3 Å². The Morgan fingerprint density at radius 2 is 1.70 bits per heavy atom. The predicted molar refractivity (Wildman–Crippen MR) is 98.5 cm³/mol. The molecule has 3 rings (SSSR count). The molecule has 1 fully saturated rings. The van der Waals surface area contributed by atoms with Gasteiger partial charge < -0.3 is 4.74 Å². The third-order valence-corrected chi connectivity index (χ3v) is 6.55. The largest absolute Gasteiger partial charge is 0.489 e. The SMILES string of the molecule is O=S(=O)(c1ccc(F)c(Cl)c1)N1CCN(CCOc2ccccc2F)CC1. The quantitative estimate of drug-likeness (QED) is 0.726. The highest BCUT2D eigenvalue weighted by Crippen LogP contribution is 2.23. The van der Waals surface area contributed by atoms with E-state index in [1.165, 1.54) is 16.4 Å². The molecule has 0 aromatic heterocycles. The minimum atomic E-state index is -3.72. The molecule has 0 aliphatic carbocycles. The van der Waals surface area contributed by atoms with E-state index in [1.54, 1.807) is 18.2 Å². The number of halogens is 3. The predicted octanol–water partition coefficient (Wildman–Crippen LogP) is 3.00. The Morgan fingerprint density at radius 1 is 1.00 bits per heavy atom. The molecular weight excluding hydrogens is 398 g/mol. The molecule has 0 saturated carbocycles. The maximum Gasteiger partial charge on any atom is 0.243 e. The van der Waals surface area contributed by atoms with Gasteiger partial charge in [0.1, 0.15) is 12.4 Å². The summed E-state index contributed by atoms with van der Waals surface area (Å²) in [4.78, 5) is 2.02. The van der Waals surface area contributed by atoms with Crippen molar-refractivity contribution in [1.29, 1.82) is 0 Å². The molecule has 0 spiro atoms. The van der Waals surface area contributed by atoms with Gasteiger partial charge in [0.05, 0.1) is 9.92 Å². The highest BCUT2D eigenvalue weighted by Gasteiger charge is 2.28. The van der Waals surface area contributed by atoms with Crippen molar-refractivity contribution in [2.75, 3.05) is 39.3 Å². The molecule has 1 saturated heterocycles. The summed E-state index contributed by atoms with van der Waals surface area (Å²) in [5, 5.41) is -0.222. The highest BCUT2D eigenvalue weighted by molar-refractivity contribution is 7.89. The third-order valence-electron chi connectivity index (χ3n) is 4.36. The van der Waals surface area contributed by atoms with Crippen molar-refractivity contribution < 1.29 is 21.9 Å². The van der Waals surface area contributed by atoms with Gasteiger partial charge in [-0.2, -0.15) is 4.31 Å². The van der Waals surface area contributed by atoms with Crippen LogP contribution in [0.4, 0.5) is 8.78 Å². The van der Waals surface area contributed by atoms with Crippen LogP contribution in [-0.4, -0.2) is 57.0 Å². The number of piperazine rings is 1. The first-order chi connectivity index (χ1) is 12.9. The van der Waals surface area contributed by atoms with Crippen LogP contribution in [0.2, 0.25) is 5.02 Å². The molecular formula is C18H19ClF2N2O3S. The summed E-state index contributed by atoms with van der Waals surface area (Å²) in [5.41, 5.74) is 0. The van der Waals surface area contributed by atoms with Gasteiger partial charge in [-0.15, -0.1) is 0 Å². The third kappa shape index (κ3) is 4.76. The van der Waals surface area contributed by atoms with Gasteiger partial charge in [0, 0.05) is 32.7 Å². The highest BCUT2D eigenvalue weighted by atomic mass is 35.5. The zero-order valence-corrected chi connectivity index (χ0v) is 16.0. The van der Waals surface area contributed by atoms with Crippen LogP contribution in [0.1, 0.15) is 0 Å². The summed E-state index contributed by atoms with van der Waals surface area (Å²) < 4.78 is 58.9. The van der Waals surface area contributed by atoms with Crippen LogP contribution in [0.15, 0.2) is 47.4 Å². The normalized spacial score (nSPS) is 16.4. The molecule has 0 N–H and O–H groups in total. The molecule has 0 atom stereocenters. The van der Waals surface area contributed by atoms with E-state index in [0.29, 0.717) is 39.3 Å². The molecule has 5 nitrogen and oxygen atoms in total.